The number of amides is 1. The van der Waals surface area contributed by atoms with Gasteiger partial charge in [-0.1, -0.05) is 6.07 Å². The first kappa shape index (κ1) is 24.2. The molecular formula is C26H27FN8O2. The van der Waals surface area contributed by atoms with Crippen molar-refractivity contribution in [1.82, 2.24) is 30.0 Å². The molecule has 0 aliphatic carbocycles. The highest BCUT2D eigenvalue weighted by molar-refractivity contribution is 5.85. The second-order valence-electron chi connectivity index (χ2n) is 8.57. The fourth-order valence-corrected chi connectivity index (χ4v) is 4.29. The van der Waals surface area contributed by atoms with E-state index in [2.05, 4.69) is 30.0 Å². The number of nitrogens with one attached hydrogen (secondary N) is 1. The Hall–Kier alpha value is -4.54. The summed E-state index contributed by atoms with van der Waals surface area (Å²) in [7, 11) is 0. The number of alkyl halides is 1. The molecule has 11 heteroatoms. The summed E-state index contributed by atoms with van der Waals surface area (Å²) in [5.74, 6) is 1.75. The number of piperazine rings is 1. The minimum absolute atomic E-state index is 0.0537. The van der Waals surface area contributed by atoms with E-state index in [-0.39, 0.29) is 12.5 Å². The molecule has 10 nitrogen and oxygen atoms in total. The molecule has 190 valence electrons. The number of aromatic amines is 1. The maximum Gasteiger partial charge on any atom is 0.228 e. The van der Waals surface area contributed by atoms with Crippen LogP contribution >= 0.6 is 0 Å². The number of rotatable bonds is 8. The van der Waals surface area contributed by atoms with Crippen LogP contribution in [-0.2, 0) is 11.2 Å². The summed E-state index contributed by atoms with van der Waals surface area (Å²) >= 11 is 0. The van der Waals surface area contributed by atoms with E-state index < -0.39 is 6.67 Å². The molecule has 37 heavy (non-hydrogen) atoms. The average Bonchev–Trinajstić information content (AvgIpc) is 3.38. The Labute approximate surface area is 213 Å². The Bertz CT molecular complexity index is 1340. The first-order valence-corrected chi connectivity index (χ1v) is 12.0. The van der Waals surface area contributed by atoms with E-state index in [9.17, 15) is 9.18 Å². The van der Waals surface area contributed by atoms with Crippen molar-refractivity contribution in [2.45, 2.75) is 6.42 Å². The lowest BCUT2D eigenvalue weighted by molar-refractivity contribution is -0.130. The number of hydrogen-bond donors (Lipinski definition) is 2. The SMILES string of the molecule is Nc1[nH]ncc1-c1ncc(OCCF)cc1-c1ccc(N2CCN(C(=O)Cc3ccccn3)CC2)nc1. The molecule has 4 aromatic rings. The third-order valence-electron chi connectivity index (χ3n) is 6.21. The third kappa shape index (κ3) is 5.50. The number of anilines is 2. The zero-order valence-corrected chi connectivity index (χ0v) is 20.2. The van der Waals surface area contributed by atoms with Crippen molar-refractivity contribution in [2.75, 3.05) is 50.1 Å². The maximum absolute atomic E-state index is 12.7. The number of halogens is 1. The Kier molecular flexibility index (Phi) is 7.20. The topological polar surface area (TPSA) is 126 Å². The monoisotopic (exact) mass is 502 g/mol. The van der Waals surface area contributed by atoms with Crippen molar-refractivity contribution in [2.24, 2.45) is 0 Å². The van der Waals surface area contributed by atoms with Crippen molar-refractivity contribution in [3.8, 4) is 28.1 Å². The standard InChI is InChI=1S/C26H27FN8O2/c27-6-12-37-20-14-21(25(31-16-20)22-17-32-33-26(22)28)18-4-5-23(30-15-18)34-8-10-35(11-9-34)24(36)13-19-3-1-2-7-29-19/h1-5,7,14-17H,6,8-13H2,(H3,28,32,33). The van der Waals surface area contributed by atoms with Crippen LogP contribution in [-0.4, -0.2) is 75.4 Å². The van der Waals surface area contributed by atoms with Crippen LogP contribution in [0, 0.1) is 0 Å². The van der Waals surface area contributed by atoms with Gasteiger partial charge in [-0.15, -0.1) is 0 Å². The minimum atomic E-state index is -0.593. The molecule has 0 radical (unpaired) electrons. The van der Waals surface area contributed by atoms with Gasteiger partial charge in [0.1, 0.15) is 30.7 Å². The molecule has 1 fully saturated rings. The molecule has 0 unspecified atom stereocenters. The molecule has 0 bridgehead atoms. The number of ether oxygens (including phenoxy) is 1. The summed E-state index contributed by atoms with van der Waals surface area (Å²) in [5, 5.41) is 6.72. The summed E-state index contributed by atoms with van der Waals surface area (Å²) in [5.41, 5.74) is 9.64. The zero-order chi connectivity index (χ0) is 25.6. The number of H-pyrrole nitrogens is 1. The van der Waals surface area contributed by atoms with Gasteiger partial charge in [-0.05, 0) is 30.3 Å². The van der Waals surface area contributed by atoms with Crippen molar-refractivity contribution in [3.63, 3.8) is 0 Å². The predicted molar refractivity (Wildman–Crippen MR) is 138 cm³/mol. The van der Waals surface area contributed by atoms with Gasteiger partial charge in [-0.25, -0.2) is 9.37 Å². The number of carbonyl (C=O) groups is 1. The molecule has 4 aromatic heterocycles. The fraction of sp³-hybridized carbons (Fsp3) is 0.269. The number of nitrogens with two attached hydrogens (primary N) is 1. The number of aromatic nitrogens is 5. The number of carbonyl (C=O) groups excluding carboxylic acids is 1. The van der Waals surface area contributed by atoms with E-state index in [4.69, 9.17) is 10.5 Å². The highest BCUT2D eigenvalue weighted by Crippen LogP contribution is 2.35. The van der Waals surface area contributed by atoms with Gasteiger partial charge in [0.15, 0.2) is 0 Å². The largest absolute Gasteiger partial charge is 0.489 e. The van der Waals surface area contributed by atoms with Crippen LogP contribution in [0.15, 0.2) is 61.2 Å². The lowest BCUT2D eigenvalue weighted by Crippen LogP contribution is -2.49. The molecule has 0 spiro atoms. The molecule has 5 heterocycles. The first-order valence-electron chi connectivity index (χ1n) is 12.0. The highest BCUT2D eigenvalue weighted by atomic mass is 19.1. The number of pyridine rings is 3. The van der Waals surface area contributed by atoms with E-state index in [0.29, 0.717) is 55.4 Å². The average molecular weight is 503 g/mol. The lowest BCUT2D eigenvalue weighted by Gasteiger charge is -2.35. The second-order valence-corrected chi connectivity index (χ2v) is 8.57. The van der Waals surface area contributed by atoms with E-state index in [1.54, 1.807) is 24.7 Å². The molecule has 1 amide bonds. The van der Waals surface area contributed by atoms with Crippen molar-refractivity contribution in [1.29, 1.82) is 0 Å². The second kappa shape index (κ2) is 11.0. The molecule has 0 saturated carbocycles. The van der Waals surface area contributed by atoms with E-state index in [1.165, 1.54) is 6.20 Å². The molecule has 1 aliphatic heterocycles. The summed E-state index contributed by atoms with van der Waals surface area (Å²) in [4.78, 5) is 30.1. The van der Waals surface area contributed by atoms with Crippen molar-refractivity contribution >= 4 is 17.5 Å². The summed E-state index contributed by atoms with van der Waals surface area (Å²) in [6, 6.07) is 11.3. The summed E-state index contributed by atoms with van der Waals surface area (Å²) in [6.07, 6.45) is 6.92. The van der Waals surface area contributed by atoms with Gasteiger partial charge in [0.2, 0.25) is 5.91 Å². The van der Waals surface area contributed by atoms with Gasteiger partial charge in [0, 0.05) is 55.4 Å². The van der Waals surface area contributed by atoms with Crippen LogP contribution in [0.3, 0.4) is 0 Å². The first-order chi connectivity index (χ1) is 18.1. The molecular weight excluding hydrogens is 475 g/mol. The van der Waals surface area contributed by atoms with Gasteiger partial charge >= 0.3 is 0 Å². The van der Waals surface area contributed by atoms with Crippen molar-refractivity contribution < 1.29 is 13.9 Å². The Morgan fingerprint density at radius 2 is 1.89 bits per heavy atom. The van der Waals surface area contributed by atoms with Crippen LogP contribution in [0.1, 0.15) is 5.69 Å². The van der Waals surface area contributed by atoms with Crippen LogP contribution in [0.25, 0.3) is 22.4 Å². The lowest BCUT2D eigenvalue weighted by atomic mass is 10.0. The van der Waals surface area contributed by atoms with E-state index in [0.717, 1.165) is 22.6 Å². The Balaban J connectivity index is 1.30. The van der Waals surface area contributed by atoms with E-state index >= 15 is 0 Å². The molecule has 3 N–H and O–H groups in total. The molecule has 0 atom stereocenters. The number of nitrogens with zero attached hydrogens (tertiary/aromatic N) is 6. The molecule has 1 saturated heterocycles. The number of nitrogen functional groups attached to an aromatic ring is 1. The zero-order valence-electron chi connectivity index (χ0n) is 20.2. The molecule has 5 rings (SSSR count). The van der Waals surface area contributed by atoms with Crippen LogP contribution in [0.5, 0.6) is 5.75 Å². The normalized spacial score (nSPS) is 13.5. The van der Waals surface area contributed by atoms with Crippen LogP contribution < -0.4 is 15.4 Å². The van der Waals surface area contributed by atoms with E-state index in [1.807, 2.05) is 35.2 Å². The number of hydrogen-bond acceptors (Lipinski definition) is 8. The third-order valence-corrected chi connectivity index (χ3v) is 6.21. The Morgan fingerprint density at radius 3 is 2.57 bits per heavy atom. The molecule has 0 aromatic carbocycles. The molecule has 1 aliphatic rings. The predicted octanol–water partition coefficient (Wildman–Crippen LogP) is 2.75. The minimum Gasteiger partial charge on any atom is -0.489 e. The van der Waals surface area contributed by atoms with Crippen molar-refractivity contribution in [3.05, 3.63) is 66.9 Å². The van der Waals surface area contributed by atoms with Gasteiger partial charge < -0.3 is 20.3 Å². The van der Waals surface area contributed by atoms with Gasteiger partial charge in [-0.3, -0.25) is 19.9 Å². The quantitative estimate of drug-likeness (QED) is 0.377. The fourth-order valence-electron chi connectivity index (χ4n) is 4.29. The highest BCUT2D eigenvalue weighted by Gasteiger charge is 2.23. The van der Waals surface area contributed by atoms with Crippen LogP contribution in [0.2, 0.25) is 0 Å². The summed E-state index contributed by atoms with van der Waals surface area (Å²) in [6.45, 7) is 1.97. The smallest absolute Gasteiger partial charge is 0.228 e. The Morgan fingerprint density at radius 1 is 1.03 bits per heavy atom. The van der Waals surface area contributed by atoms with Gasteiger partial charge in [0.25, 0.3) is 0 Å². The van der Waals surface area contributed by atoms with Crippen LogP contribution in [0.4, 0.5) is 16.0 Å². The van der Waals surface area contributed by atoms with Gasteiger partial charge in [0.05, 0.1) is 30.1 Å². The summed E-state index contributed by atoms with van der Waals surface area (Å²) < 4.78 is 18.1. The maximum atomic E-state index is 12.7. The van der Waals surface area contributed by atoms with Gasteiger partial charge in [-0.2, -0.15) is 5.10 Å².